The predicted octanol–water partition coefficient (Wildman–Crippen LogP) is 2.87. The van der Waals surface area contributed by atoms with Crippen molar-refractivity contribution in [1.82, 2.24) is 0 Å². The molecule has 0 aromatic heterocycles. The molecule has 0 amide bonds. The van der Waals surface area contributed by atoms with Gasteiger partial charge in [-0.15, -0.1) is 0 Å². The average molecular weight is 244 g/mol. The molecule has 1 aliphatic rings. The van der Waals surface area contributed by atoms with E-state index in [0.717, 1.165) is 18.4 Å². The summed E-state index contributed by atoms with van der Waals surface area (Å²) in [5.41, 5.74) is 6.73. The van der Waals surface area contributed by atoms with Gasteiger partial charge in [0.05, 0.1) is 12.1 Å². The number of benzene rings is 1. The number of hydrogen-bond donors (Lipinski definition) is 1. The quantitative estimate of drug-likeness (QED) is 0.886. The molecule has 16 heavy (non-hydrogen) atoms. The van der Waals surface area contributed by atoms with Crippen molar-refractivity contribution in [3.63, 3.8) is 0 Å². The van der Waals surface area contributed by atoms with Crippen molar-refractivity contribution in [3.05, 3.63) is 28.5 Å². The molecule has 0 radical (unpaired) electrons. The summed E-state index contributed by atoms with van der Waals surface area (Å²) < 4.78 is 18.6. The van der Waals surface area contributed by atoms with Crippen molar-refractivity contribution >= 4 is 11.6 Å². The highest BCUT2D eigenvalue weighted by atomic mass is 35.5. The molecule has 1 atom stereocenters. The van der Waals surface area contributed by atoms with E-state index in [0.29, 0.717) is 5.02 Å². The van der Waals surface area contributed by atoms with E-state index in [1.165, 1.54) is 13.2 Å². The lowest BCUT2D eigenvalue weighted by atomic mass is 9.89. The molecule has 0 bridgehead atoms. The first-order chi connectivity index (χ1) is 7.51. The lowest BCUT2D eigenvalue weighted by molar-refractivity contribution is 0.385. The second-order valence-corrected chi connectivity index (χ2v) is 4.83. The van der Waals surface area contributed by atoms with Gasteiger partial charge in [-0.25, -0.2) is 4.39 Å². The zero-order valence-corrected chi connectivity index (χ0v) is 10.1. The molecule has 2 nitrogen and oxygen atoms in total. The van der Waals surface area contributed by atoms with Crippen LogP contribution in [0.25, 0.3) is 0 Å². The van der Waals surface area contributed by atoms with E-state index in [-0.39, 0.29) is 17.2 Å². The molecule has 1 aromatic carbocycles. The van der Waals surface area contributed by atoms with Gasteiger partial charge in [0.1, 0.15) is 0 Å². The lowest BCUT2D eigenvalue weighted by Gasteiger charge is -2.21. The second-order valence-electron chi connectivity index (χ2n) is 4.42. The third-order valence-electron chi connectivity index (χ3n) is 3.44. The van der Waals surface area contributed by atoms with Crippen LogP contribution in [0.4, 0.5) is 4.39 Å². The van der Waals surface area contributed by atoms with Crippen molar-refractivity contribution in [1.29, 1.82) is 0 Å². The van der Waals surface area contributed by atoms with E-state index in [1.807, 2.05) is 6.92 Å². The van der Waals surface area contributed by atoms with E-state index in [2.05, 4.69) is 0 Å². The Bertz CT molecular complexity index is 392. The summed E-state index contributed by atoms with van der Waals surface area (Å²) in [5, 5.41) is 0.310. The molecule has 88 valence electrons. The fourth-order valence-electron chi connectivity index (χ4n) is 2.18. The predicted molar refractivity (Wildman–Crippen MR) is 62.5 cm³/mol. The normalized spacial score (nSPS) is 19.3. The Kier molecular flexibility index (Phi) is 2.84. The highest BCUT2D eigenvalue weighted by molar-refractivity contribution is 6.32. The van der Waals surface area contributed by atoms with Crippen molar-refractivity contribution in [2.75, 3.05) is 7.11 Å². The average Bonchev–Trinajstić information content (AvgIpc) is 2.97. The van der Waals surface area contributed by atoms with Crippen molar-refractivity contribution < 1.29 is 9.13 Å². The van der Waals surface area contributed by atoms with Crippen LogP contribution in [0.1, 0.15) is 25.3 Å². The Morgan fingerprint density at radius 2 is 2.12 bits per heavy atom. The molecule has 1 unspecified atom stereocenters. The molecule has 2 N–H and O–H groups in total. The molecule has 4 heteroatoms. The summed E-state index contributed by atoms with van der Waals surface area (Å²) in [4.78, 5) is 0. The van der Waals surface area contributed by atoms with Gasteiger partial charge in [-0.2, -0.15) is 0 Å². The minimum atomic E-state index is -0.420. The minimum absolute atomic E-state index is 0.0105. The molecular formula is C12H15ClFNO. The smallest absolute Gasteiger partial charge is 0.173 e. The van der Waals surface area contributed by atoms with Gasteiger partial charge in [0.25, 0.3) is 0 Å². The molecule has 0 saturated heterocycles. The summed E-state index contributed by atoms with van der Waals surface area (Å²) in [6, 6.07) is 3.26. The van der Waals surface area contributed by atoms with E-state index in [1.54, 1.807) is 6.07 Å². The molecule has 1 aliphatic carbocycles. The molecule has 0 aliphatic heterocycles. The molecule has 1 fully saturated rings. The summed E-state index contributed by atoms with van der Waals surface area (Å²) in [6.07, 6.45) is 1.99. The lowest BCUT2D eigenvalue weighted by Crippen LogP contribution is -2.31. The van der Waals surface area contributed by atoms with E-state index < -0.39 is 5.82 Å². The van der Waals surface area contributed by atoms with Crippen LogP contribution < -0.4 is 10.5 Å². The number of nitrogens with two attached hydrogens (primary N) is 1. The highest BCUT2D eigenvalue weighted by Gasteiger charge is 2.47. The summed E-state index contributed by atoms with van der Waals surface area (Å²) in [7, 11) is 1.41. The van der Waals surface area contributed by atoms with Crippen LogP contribution >= 0.6 is 11.6 Å². The van der Waals surface area contributed by atoms with Gasteiger partial charge >= 0.3 is 0 Å². The van der Waals surface area contributed by atoms with Gasteiger partial charge in [-0.05, 0) is 37.5 Å². The van der Waals surface area contributed by atoms with Crippen molar-refractivity contribution in [3.8, 4) is 5.75 Å². The minimum Gasteiger partial charge on any atom is -0.492 e. The van der Waals surface area contributed by atoms with Gasteiger partial charge in [-0.3, -0.25) is 0 Å². The molecule has 2 rings (SSSR count). The maximum atomic E-state index is 13.7. The Labute approximate surface area is 99.5 Å². The Hall–Kier alpha value is -0.800. The topological polar surface area (TPSA) is 35.2 Å². The second kappa shape index (κ2) is 3.90. The van der Waals surface area contributed by atoms with E-state index >= 15 is 0 Å². The van der Waals surface area contributed by atoms with Crippen LogP contribution in [0.5, 0.6) is 5.75 Å². The Balaban J connectivity index is 2.45. The standard InChI is InChI=1S/C12H15ClFNO/c1-7(15)12(3-4-12)8-5-9(13)11(16-2)10(14)6-8/h5-7H,3-4,15H2,1-2H3. The maximum absolute atomic E-state index is 13.7. The van der Waals surface area contributed by atoms with Gasteiger partial charge in [-0.1, -0.05) is 11.6 Å². The molecule has 1 saturated carbocycles. The summed E-state index contributed by atoms with van der Waals surface area (Å²) >= 11 is 5.97. The highest BCUT2D eigenvalue weighted by Crippen LogP contribution is 2.51. The first-order valence-electron chi connectivity index (χ1n) is 5.30. The molecule has 0 heterocycles. The van der Waals surface area contributed by atoms with Crippen molar-refractivity contribution in [2.24, 2.45) is 5.73 Å². The molecular weight excluding hydrogens is 229 g/mol. The Morgan fingerprint density at radius 3 is 2.50 bits per heavy atom. The number of methoxy groups -OCH3 is 1. The van der Waals surface area contributed by atoms with Gasteiger partial charge in [0.2, 0.25) is 0 Å². The number of ether oxygens (including phenoxy) is 1. The van der Waals surface area contributed by atoms with Crippen LogP contribution in [-0.2, 0) is 5.41 Å². The first kappa shape index (κ1) is 11.7. The van der Waals surface area contributed by atoms with Gasteiger partial charge < -0.3 is 10.5 Å². The first-order valence-corrected chi connectivity index (χ1v) is 5.68. The van der Waals surface area contributed by atoms with Crippen LogP contribution in [0.15, 0.2) is 12.1 Å². The van der Waals surface area contributed by atoms with Gasteiger partial charge in [0.15, 0.2) is 11.6 Å². The summed E-state index contributed by atoms with van der Waals surface area (Å²) in [5.74, 6) is -0.317. The van der Waals surface area contributed by atoms with Gasteiger partial charge in [0, 0.05) is 11.5 Å². The van der Waals surface area contributed by atoms with Crippen LogP contribution in [0.3, 0.4) is 0 Å². The Morgan fingerprint density at radius 1 is 1.50 bits per heavy atom. The third-order valence-corrected chi connectivity index (χ3v) is 3.72. The number of halogens is 2. The maximum Gasteiger partial charge on any atom is 0.173 e. The molecule has 1 aromatic rings. The summed E-state index contributed by atoms with van der Waals surface area (Å²) in [6.45, 7) is 1.95. The van der Waals surface area contributed by atoms with Crippen LogP contribution in [-0.4, -0.2) is 13.2 Å². The number of hydrogen-bond acceptors (Lipinski definition) is 2. The fourth-order valence-corrected chi connectivity index (χ4v) is 2.47. The van der Waals surface area contributed by atoms with Crippen LogP contribution in [0.2, 0.25) is 5.02 Å². The zero-order valence-electron chi connectivity index (χ0n) is 9.39. The van der Waals surface area contributed by atoms with E-state index in [4.69, 9.17) is 22.1 Å². The van der Waals surface area contributed by atoms with Crippen LogP contribution in [0, 0.1) is 5.82 Å². The SMILES string of the molecule is COc1c(F)cc(C2(C(C)N)CC2)cc1Cl. The van der Waals surface area contributed by atoms with Crippen molar-refractivity contribution in [2.45, 2.75) is 31.2 Å². The fraction of sp³-hybridized carbons (Fsp3) is 0.500. The third kappa shape index (κ3) is 1.68. The monoisotopic (exact) mass is 243 g/mol. The number of rotatable bonds is 3. The van der Waals surface area contributed by atoms with E-state index in [9.17, 15) is 4.39 Å². The largest absolute Gasteiger partial charge is 0.492 e. The molecule has 0 spiro atoms. The zero-order chi connectivity index (χ0) is 11.9.